The molecule has 0 saturated heterocycles. The lowest BCUT2D eigenvalue weighted by atomic mass is 9.93. The van der Waals surface area contributed by atoms with Crippen LogP contribution in [0.25, 0.3) is 0 Å². The Bertz CT molecular complexity index is 568. The molecule has 78 valence electrons. The Morgan fingerprint density at radius 3 is 2.75 bits per heavy atom. The Labute approximate surface area is 94.4 Å². The predicted molar refractivity (Wildman–Crippen MR) is 65.6 cm³/mol. The number of para-hydroxylation sites is 1. The Kier molecular flexibility index (Phi) is 1.54. The lowest BCUT2D eigenvalue weighted by molar-refractivity contribution is 0.687. The minimum atomic E-state index is 1.09. The highest BCUT2D eigenvalue weighted by Gasteiger charge is 2.32. The van der Waals surface area contributed by atoms with Crippen LogP contribution in [-0.4, -0.2) is 11.4 Å². The largest absolute Gasteiger partial charge is 0.250 e. The molecule has 3 aliphatic rings. The molecular formula is C14H12N2. The number of nitrogens with zero attached hydrogens (tertiary/aromatic N) is 2. The van der Waals surface area contributed by atoms with Crippen LogP contribution in [0.5, 0.6) is 0 Å². The van der Waals surface area contributed by atoms with E-state index in [0.717, 1.165) is 30.0 Å². The first-order valence-electron chi connectivity index (χ1n) is 5.93. The Morgan fingerprint density at radius 2 is 1.75 bits per heavy atom. The molecule has 0 radical (unpaired) electrons. The third kappa shape index (κ3) is 0.967. The highest BCUT2D eigenvalue weighted by Crippen LogP contribution is 2.39. The van der Waals surface area contributed by atoms with Crippen LogP contribution < -0.4 is 0 Å². The Balaban J connectivity index is 1.91. The van der Waals surface area contributed by atoms with Gasteiger partial charge >= 0.3 is 0 Å². The van der Waals surface area contributed by atoms with Gasteiger partial charge in [-0.2, -0.15) is 0 Å². The highest BCUT2D eigenvalue weighted by molar-refractivity contribution is 6.58. The molecule has 0 aromatic heterocycles. The van der Waals surface area contributed by atoms with Gasteiger partial charge in [0.2, 0.25) is 0 Å². The summed E-state index contributed by atoms with van der Waals surface area (Å²) >= 11 is 0. The van der Waals surface area contributed by atoms with Crippen LogP contribution >= 0.6 is 0 Å². The molecule has 0 unspecified atom stereocenters. The summed E-state index contributed by atoms with van der Waals surface area (Å²) in [6.07, 6.45) is 4.87. The van der Waals surface area contributed by atoms with Crippen LogP contribution in [0.15, 0.2) is 45.5 Å². The van der Waals surface area contributed by atoms with Gasteiger partial charge in [-0.1, -0.05) is 18.2 Å². The van der Waals surface area contributed by atoms with Gasteiger partial charge in [-0.15, -0.1) is 0 Å². The maximum absolute atomic E-state index is 4.78. The van der Waals surface area contributed by atoms with Gasteiger partial charge < -0.3 is 0 Å². The molecule has 2 aliphatic heterocycles. The molecular weight excluding hydrogens is 196 g/mol. The first kappa shape index (κ1) is 8.45. The summed E-state index contributed by atoms with van der Waals surface area (Å²) < 4.78 is 0. The maximum atomic E-state index is 4.78. The number of benzene rings is 1. The van der Waals surface area contributed by atoms with Gasteiger partial charge in [0.05, 0.1) is 17.1 Å². The summed E-state index contributed by atoms with van der Waals surface area (Å²) in [7, 11) is 0. The molecule has 2 heterocycles. The average Bonchev–Trinajstić information content (AvgIpc) is 2.85. The van der Waals surface area contributed by atoms with E-state index in [1.807, 2.05) is 6.07 Å². The van der Waals surface area contributed by atoms with Crippen molar-refractivity contribution in [2.45, 2.75) is 25.7 Å². The zero-order chi connectivity index (χ0) is 10.5. The number of rotatable bonds is 0. The summed E-state index contributed by atoms with van der Waals surface area (Å²) in [5.41, 5.74) is 7.31. The van der Waals surface area contributed by atoms with Crippen molar-refractivity contribution in [3.05, 3.63) is 41.1 Å². The van der Waals surface area contributed by atoms with Gasteiger partial charge in [-0.3, -0.25) is 4.99 Å². The lowest BCUT2D eigenvalue weighted by Crippen LogP contribution is -2.10. The molecule has 0 N–H and O–H groups in total. The summed E-state index contributed by atoms with van der Waals surface area (Å²) in [6, 6.07) is 8.31. The number of hydrogen-bond donors (Lipinski definition) is 0. The molecule has 0 amide bonds. The van der Waals surface area contributed by atoms with Crippen LogP contribution in [0.3, 0.4) is 0 Å². The minimum Gasteiger partial charge on any atom is -0.250 e. The molecule has 16 heavy (non-hydrogen) atoms. The van der Waals surface area contributed by atoms with Gasteiger partial charge in [0.15, 0.2) is 0 Å². The molecule has 1 aliphatic carbocycles. The summed E-state index contributed by atoms with van der Waals surface area (Å²) in [5, 5.41) is 0. The standard InChI is InChI=1S/C14H12N2/c1-3-7-11-9(5-1)13-14(15-11)10-6-2-4-8-12(10)16-13/h1,3,5,7H,2,4,6,8H2. The predicted octanol–water partition coefficient (Wildman–Crippen LogP) is 3.40. The molecule has 0 atom stereocenters. The maximum Gasteiger partial charge on any atom is 0.0987 e. The third-order valence-corrected chi connectivity index (χ3v) is 3.59. The monoisotopic (exact) mass is 208 g/mol. The topological polar surface area (TPSA) is 24.7 Å². The fourth-order valence-corrected chi connectivity index (χ4v) is 2.80. The van der Waals surface area contributed by atoms with Gasteiger partial charge in [0.1, 0.15) is 0 Å². The van der Waals surface area contributed by atoms with Gasteiger partial charge in [0, 0.05) is 16.8 Å². The van der Waals surface area contributed by atoms with E-state index in [-0.39, 0.29) is 0 Å². The molecule has 0 saturated carbocycles. The van der Waals surface area contributed by atoms with Crippen molar-refractivity contribution in [3.63, 3.8) is 0 Å². The van der Waals surface area contributed by atoms with Crippen LogP contribution in [0.2, 0.25) is 0 Å². The first-order chi connectivity index (χ1) is 7.93. The van der Waals surface area contributed by atoms with Gasteiger partial charge in [0.25, 0.3) is 0 Å². The molecule has 1 aromatic carbocycles. The number of fused-ring (bicyclic) bond motifs is 4. The van der Waals surface area contributed by atoms with Crippen molar-refractivity contribution in [1.82, 2.24) is 0 Å². The zero-order valence-electron chi connectivity index (χ0n) is 9.03. The van der Waals surface area contributed by atoms with Crippen molar-refractivity contribution in [2.75, 3.05) is 0 Å². The quantitative estimate of drug-likeness (QED) is 0.624. The van der Waals surface area contributed by atoms with E-state index in [1.54, 1.807) is 0 Å². The molecule has 0 spiro atoms. The smallest absolute Gasteiger partial charge is 0.0987 e. The molecule has 2 nitrogen and oxygen atoms in total. The SMILES string of the molecule is c1ccc2c(c1)N=C1C2=NC2=C1CCCC2. The minimum absolute atomic E-state index is 1.09. The van der Waals surface area contributed by atoms with E-state index in [2.05, 4.69) is 18.2 Å². The summed E-state index contributed by atoms with van der Waals surface area (Å²) in [5.74, 6) is 0. The van der Waals surface area contributed by atoms with Crippen molar-refractivity contribution in [1.29, 1.82) is 0 Å². The van der Waals surface area contributed by atoms with Crippen molar-refractivity contribution in [2.24, 2.45) is 9.98 Å². The van der Waals surface area contributed by atoms with Crippen molar-refractivity contribution in [3.8, 4) is 0 Å². The van der Waals surface area contributed by atoms with Crippen LogP contribution in [0.4, 0.5) is 5.69 Å². The average molecular weight is 208 g/mol. The van der Waals surface area contributed by atoms with E-state index in [1.165, 1.54) is 29.7 Å². The van der Waals surface area contributed by atoms with Crippen molar-refractivity contribution < 1.29 is 0 Å². The fraction of sp³-hybridized carbons (Fsp3) is 0.286. The summed E-state index contributed by atoms with van der Waals surface area (Å²) in [4.78, 5) is 9.50. The van der Waals surface area contributed by atoms with Crippen LogP contribution in [-0.2, 0) is 0 Å². The molecule has 2 heteroatoms. The first-order valence-corrected chi connectivity index (χ1v) is 5.93. The normalized spacial score (nSPS) is 21.2. The fourth-order valence-electron chi connectivity index (χ4n) is 2.80. The van der Waals surface area contributed by atoms with E-state index in [0.29, 0.717) is 0 Å². The number of hydrogen-bond acceptors (Lipinski definition) is 2. The van der Waals surface area contributed by atoms with Crippen molar-refractivity contribution >= 4 is 17.1 Å². The second kappa shape index (κ2) is 2.91. The zero-order valence-corrected chi connectivity index (χ0v) is 9.03. The van der Waals surface area contributed by atoms with Crippen LogP contribution in [0.1, 0.15) is 31.2 Å². The van der Waals surface area contributed by atoms with E-state index in [9.17, 15) is 0 Å². The molecule has 4 rings (SSSR count). The molecule has 0 fully saturated rings. The van der Waals surface area contributed by atoms with Gasteiger partial charge in [-0.05, 0) is 31.7 Å². The van der Waals surface area contributed by atoms with E-state index < -0.39 is 0 Å². The second-order valence-corrected chi connectivity index (χ2v) is 4.57. The molecule has 1 aromatic rings. The number of allylic oxidation sites excluding steroid dienone is 2. The lowest BCUT2D eigenvalue weighted by Gasteiger charge is -2.11. The Hall–Kier alpha value is -1.70. The van der Waals surface area contributed by atoms with E-state index in [4.69, 9.17) is 9.98 Å². The van der Waals surface area contributed by atoms with Crippen LogP contribution in [0, 0.1) is 0 Å². The highest BCUT2D eigenvalue weighted by atomic mass is 14.9. The van der Waals surface area contributed by atoms with E-state index >= 15 is 0 Å². The van der Waals surface area contributed by atoms with Gasteiger partial charge in [-0.25, -0.2) is 4.99 Å². The second-order valence-electron chi connectivity index (χ2n) is 4.57. The summed E-state index contributed by atoms with van der Waals surface area (Å²) in [6.45, 7) is 0. The molecule has 0 bridgehead atoms. The Morgan fingerprint density at radius 1 is 0.875 bits per heavy atom. The number of aliphatic imine (C=N–C) groups is 2. The third-order valence-electron chi connectivity index (χ3n) is 3.59.